The molecule has 0 bridgehead atoms. The molecule has 0 aliphatic carbocycles. The summed E-state index contributed by atoms with van der Waals surface area (Å²) in [6.45, 7) is 7.28. The van der Waals surface area contributed by atoms with Crippen molar-refractivity contribution in [3.8, 4) is 0 Å². The predicted molar refractivity (Wildman–Crippen MR) is 70.2 cm³/mol. The van der Waals surface area contributed by atoms with E-state index in [1.54, 1.807) is 12.3 Å². The van der Waals surface area contributed by atoms with Gasteiger partial charge in [-0.25, -0.2) is 9.78 Å². The van der Waals surface area contributed by atoms with Gasteiger partial charge in [-0.3, -0.25) is 5.32 Å². The Morgan fingerprint density at radius 2 is 2.11 bits per heavy atom. The first-order valence-electron chi connectivity index (χ1n) is 6.12. The highest BCUT2D eigenvalue weighted by Gasteiger charge is 2.16. The van der Waals surface area contributed by atoms with Crippen molar-refractivity contribution in [3.05, 3.63) is 18.3 Å². The molecule has 98 valence electrons. The van der Waals surface area contributed by atoms with Gasteiger partial charge in [-0.2, -0.15) is 0 Å². The largest absolute Gasteiger partial charge is 0.465 e. The molecule has 2 N–H and O–H groups in total. The lowest BCUT2D eigenvalue weighted by molar-refractivity contribution is 0.209. The van der Waals surface area contributed by atoms with Crippen LogP contribution in [-0.4, -0.2) is 53.8 Å². The summed E-state index contributed by atoms with van der Waals surface area (Å²) in [6.07, 6.45) is 0.483. The molecule has 1 saturated heterocycles. The average molecular weight is 250 g/mol. The molecule has 1 aromatic heterocycles. The number of hydrogen-bond donors (Lipinski definition) is 2. The van der Waals surface area contributed by atoms with Crippen LogP contribution in [0, 0.1) is 0 Å². The van der Waals surface area contributed by atoms with Gasteiger partial charge in [0.25, 0.3) is 0 Å². The van der Waals surface area contributed by atoms with E-state index < -0.39 is 6.09 Å². The molecule has 1 aliphatic heterocycles. The highest BCUT2D eigenvalue weighted by Crippen LogP contribution is 2.15. The maximum absolute atomic E-state index is 10.5. The summed E-state index contributed by atoms with van der Waals surface area (Å²) in [5.41, 5.74) is 0.499. The second kappa shape index (κ2) is 5.68. The maximum Gasteiger partial charge on any atom is 0.409 e. The van der Waals surface area contributed by atoms with Crippen LogP contribution in [0.4, 0.5) is 16.3 Å². The van der Waals surface area contributed by atoms with E-state index in [1.165, 1.54) is 0 Å². The zero-order valence-corrected chi connectivity index (χ0v) is 10.5. The van der Waals surface area contributed by atoms with Gasteiger partial charge < -0.3 is 14.9 Å². The number of carbonyl (C=O) groups is 1. The first kappa shape index (κ1) is 12.6. The Morgan fingerprint density at radius 1 is 1.39 bits per heavy atom. The minimum atomic E-state index is -1.07. The summed E-state index contributed by atoms with van der Waals surface area (Å²) in [4.78, 5) is 19.4. The third kappa shape index (κ3) is 3.10. The summed E-state index contributed by atoms with van der Waals surface area (Å²) in [7, 11) is 0. The van der Waals surface area contributed by atoms with E-state index >= 15 is 0 Å². The summed E-state index contributed by atoms with van der Waals surface area (Å²) in [5.74, 6) is 0.904. The van der Waals surface area contributed by atoms with Gasteiger partial charge in [0.2, 0.25) is 0 Å². The van der Waals surface area contributed by atoms with Gasteiger partial charge in [0.1, 0.15) is 5.82 Å². The first-order valence-corrected chi connectivity index (χ1v) is 6.12. The number of pyridine rings is 1. The first-order chi connectivity index (χ1) is 8.69. The molecule has 6 heteroatoms. The Balaban J connectivity index is 1.95. The van der Waals surface area contributed by atoms with Gasteiger partial charge >= 0.3 is 6.09 Å². The molecule has 0 atom stereocenters. The van der Waals surface area contributed by atoms with Gasteiger partial charge in [-0.1, -0.05) is 6.92 Å². The second-order valence-corrected chi connectivity index (χ2v) is 4.26. The molecule has 0 spiro atoms. The Morgan fingerprint density at radius 3 is 2.61 bits per heavy atom. The average Bonchev–Trinajstić information content (AvgIpc) is 2.39. The fourth-order valence-corrected chi connectivity index (χ4v) is 2.06. The van der Waals surface area contributed by atoms with E-state index in [2.05, 4.69) is 27.0 Å². The summed E-state index contributed by atoms with van der Waals surface area (Å²) >= 11 is 0. The molecule has 18 heavy (non-hydrogen) atoms. The molecular weight excluding hydrogens is 232 g/mol. The van der Waals surface area contributed by atoms with Crippen LogP contribution < -0.4 is 10.2 Å². The third-order valence-electron chi connectivity index (χ3n) is 3.14. The summed E-state index contributed by atoms with van der Waals surface area (Å²) < 4.78 is 0. The van der Waals surface area contributed by atoms with Crippen LogP contribution in [0.25, 0.3) is 0 Å². The van der Waals surface area contributed by atoms with Crippen LogP contribution in [0.1, 0.15) is 6.92 Å². The van der Waals surface area contributed by atoms with Crippen LogP contribution in [-0.2, 0) is 0 Å². The van der Waals surface area contributed by atoms with Gasteiger partial charge in [0.05, 0.1) is 11.9 Å². The molecule has 6 nitrogen and oxygen atoms in total. The molecule has 1 aliphatic rings. The van der Waals surface area contributed by atoms with Gasteiger partial charge in [-0.05, 0) is 18.7 Å². The molecule has 1 aromatic rings. The Hall–Kier alpha value is -1.82. The molecule has 0 unspecified atom stereocenters. The van der Waals surface area contributed by atoms with E-state index in [1.807, 2.05) is 6.07 Å². The van der Waals surface area contributed by atoms with Crippen molar-refractivity contribution >= 4 is 17.6 Å². The minimum Gasteiger partial charge on any atom is -0.465 e. The highest BCUT2D eigenvalue weighted by molar-refractivity contribution is 5.82. The lowest BCUT2D eigenvalue weighted by Crippen LogP contribution is -2.46. The maximum atomic E-state index is 10.5. The molecule has 0 saturated carbocycles. The molecule has 0 radical (unpaired) electrons. The van der Waals surface area contributed by atoms with E-state index in [-0.39, 0.29) is 0 Å². The SMILES string of the molecule is CCN1CCN(c2ccc(NC(=O)O)cn2)CC1. The van der Waals surface area contributed by atoms with Crippen LogP contribution in [0.2, 0.25) is 0 Å². The number of nitrogens with zero attached hydrogens (tertiary/aromatic N) is 3. The van der Waals surface area contributed by atoms with Gasteiger partial charge in [0.15, 0.2) is 0 Å². The van der Waals surface area contributed by atoms with Crippen LogP contribution >= 0.6 is 0 Å². The van der Waals surface area contributed by atoms with Crippen LogP contribution in [0.5, 0.6) is 0 Å². The Bertz CT molecular complexity index is 399. The highest BCUT2D eigenvalue weighted by atomic mass is 16.4. The number of piperazine rings is 1. The van der Waals surface area contributed by atoms with Crippen molar-refractivity contribution in [2.24, 2.45) is 0 Å². The zero-order valence-electron chi connectivity index (χ0n) is 10.5. The normalized spacial score (nSPS) is 16.6. The third-order valence-corrected chi connectivity index (χ3v) is 3.14. The summed E-state index contributed by atoms with van der Waals surface area (Å²) in [5, 5.41) is 10.9. The van der Waals surface area contributed by atoms with Crippen molar-refractivity contribution < 1.29 is 9.90 Å². The number of likely N-dealkylation sites (N-methyl/N-ethyl adjacent to an activating group) is 1. The zero-order chi connectivity index (χ0) is 13.0. The number of aromatic nitrogens is 1. The number of hydrogen-bond acceptors (Lipinski definition) is 4. The number of carboxylic acid groups (broad SMARTS) is 1. The quantitative estimate of drug-likeness (QED) is 0.846. The Labute approximate surface area is 106 Å². The fourth-order valence-electron chi connectivity index (χ4n) is 2.06. The van der Waals surface area contributed by atoms with Crippen LogP contribution in [0.15, 0.2) is 18.3 Å². The smallest absolute Gasteiger partial charge is 0.409 e. The molecular formula is C12H18N4O2. The topological polar surface area (TPSA) is 68.7 Å². The standard InChI is InChI=1S/C12H18N4O2/c1-2-15-5-7-16(8-6-15)11-4-3-10(9-13-11)14-12(17)18/h3-4,9,14H,2,5-8H2,1H3,(H,17,18). The van der Waals surface area contributed by atoms with Crippen molar-refractivity contribution in [1.29, 1.82) is 0 Å². The monoisotopic (exact) mass is 250 g/mol. The fraction of sp³-hybridized carbons (Fsp3) is 0.500. The predicted octanol–water partition coefficient (Wildman–Crippen LogP) is 1.31. The number of rotatable bonds is 3. The minimum absolute atomic E-state index is 0.499. The van der Waals surface area contributed by atoms with E-state index in [0.29, 0.717) is 5.69 Å². The number of anilines is 2. The lowest BCUT2D eigenvalue weighted by Gasteiger charge is -2.34. The molecule has 2 heterocycles. The van der Waals surface area contributed by atoms with Crippen molar-refractivity contribution in [2.45, 2.75) is 6.92 Å². The summed E-state index contributed by atoms with van der Waals surface area (Å²) in [6, 6.07) is 3.59. The molecule has 1 fully saturated rings. The molecule has 2 rings (SSSR count). The number of amides is 1. The number of nitrogens with one attached hydrogen (secondary N) is 1. The Kier molecular flexibility index (Phi) is 3.99. The van der Waals surface area contributed by atoms with Crippen molar-refractivity contribution in [2.75, 3.05) is 42.9 Å². The van der Waals surface area contributed by atoms with E-state index in [4.69, 9.17) is 5.11 Å². The van der Waals surface area contributed by atoms with Crippen LogP contribution in [0.3, 0.4) is 0 Å². The van der Waals surface area contributed by atoms with E-state index in [0.717, 1.165) is 38.5 Å². The van der Waals surface area contributed by atoms with Gasteiger partial charge in [-0.15, -0.1) is 0 Å². The lowest BCUT2D eigenvalue weighted by atomic mass is 10.3. The van der Waals surface area contributed by atoms with Crippen molar-refractivity contribution in [3.63, 3.8) is 0 Å². The molecule has 0 aromatic carbocycles. The van der Waals surface area contributed by atoms with Crippen molar-refractivity contribution in [1.82, 2.24) is 9.88 Å². The second-order valence-electron chi connectivity index (χ2n) is 4.26. The van der Waals surface area contributed by atoms with Gasteiger partial charge in [0, 0.05) is 26.2 Å². The van der Waals surface area contributed by atoms with E-state index in [9.17, 15) is 4.79 Å². The molecule has 1 amide bonds.